The molecule has 1 amide bonds. The maximum atomic E-state index is 13.0. The number of nitrogens with two attached hydrogens (primary N) is 1. The zero-order valence-electron chi connectivity index (χ0n) is 30.0. The Morgan fingerprint density at radius 2 is 1.40 bits per heavy atom. The number of benzene rings is 5. The number of aliphatic hydroxyl groups excluding tert-OH is 1. The lowest BCUT2D eigenvalue weighted by molar-refractivity contribution is 0.0383. The van der Waals surface area contributed by atoms with E-state index in [0.29, 0.717) is 36.0 Å². The van der Waals surface area contributed by atoms with Crippen LogP contribution in [0, 0.1) is 0 Å². The quantitative estimate of drug-likeness (QED) is 0.0661. The summed E-state index contributed by atoms with van der Waals surface area (Å²) in [6.07, 6.45) is 4.21. The van der Waals surface area contributed by atoms with Gasteiger partial charge in [0, 0.05) is 37.0 Å². The van der Waals surface area contributed by atoms with Gasteiger partial charge in [-0.3, -0.25) is 9.69 Å². The van der Waals surface area contributed by atoms with E-state index < -0.39 is 15.9 Å². The predicted molar refractivity (Wildman–Crippen MR) is 208 cm³/mol. The van der Waals surface area contributed by atoms with Gasteiger partial charge in [-0.25, -0.2) is 19.3 Å². The van der Waals surface area contributed by atoms with E-state index in [0.717, 1.165) is 43.1 Å². The number of rotatable bonds is 15. The Morgan fingerprint density at radius 1 is 0.792 bits per heavy atom. The molecule has 1 saturated carbocycles. The Bertz CT molecular complexity index is 2020. The molecule has 0 heterocycles. The summed E-state index contributed by atoms with van der Waals surface area (Å²) < 4.78 is 37.2. The second kappa shape index (κ2) is 17.7. The predicted octanol–water partition coefficient (Wildman–Crippen LogP) is 7.16. The van der Waals surface area contributed by atoms with Gasteiger partial charge in [0.25, 0.3) is 5.91 Å². The smallest absolute Gasteiger partial charge is 0.272 e. The van der Waals surface area contributed by atoms with Gasteiger partial charge in [0.05, 0.1) is 5.69 Å². The summed E-state index contributed by atoms with van der Waals surface area (Å²) in [6.45, 7) is 1.32. The summed E-state index contributed by atoms with van der Waals surface area (Å²) in [5, 5.41) is 12.4. The van der Waals surface area contributed by atoms with Crippen LogP contribution in [0.2, 0.25) is 0 Å². The molecule has 5 aromatic carbocycles. The Kier molecular flexibility index (Phi) is 12.6. The molecule has 0 unspecified atom stereocenters. The van der Waals surface area contributed by atoms with E-state index in [1.807, 2.05) is 91.0 Å². The molecular formula is C43H47N3O6S. The number of amides is 1. The summed E-state index contributed by atoms with van der Waals surface area (Å²) in [5.74, 6) is 6.82. The lowest BCUT2D eigenvalue weighted by Crippen LogP contribution is -2.43. The molecule has 5 aromatic rings. The van der Waals surface area contributed by atoms with Crippen molar-refractivity contribution in [3.05, 3.63) is 156 Å². The minimum absolute atomic E-state index is 0.00360. The fraction of sp³-hybridized carbons (Fsp3) is 0.279. The molecule has 1 aliphatic rings. The van der Waals surface area contributed by atoms with Crippen LogP contribution in [-0.4, -0.2) is 55.9 Å². The first-order chi connectivity index (χ1) is 25.6. The van der Waals surface area contributed by atoms with Crippen molar-refractivity contribution in [1.29, 1.82) is 0 Å². The fourth-order valence-electron chi connectivity index (χ4n) is 6.92. The molecule has 10 heteroatoms. The molecule has 0 saturated heterocycles. The molecule has 0 aliphatic heterocycles. The van der Waals surface area contributed by atoms with Crippen LogP contribution in [0.3, 0.4) is 0 Å². The lowest BCUT2D eigenvalue weighted by Gasteiger charge is -2.38. The van der Waals surface area contributed by atoms with Gasteiger partial charge in [-0.05, 0) is 84.7 Å². The number of para-hydroxylation sites is 1. The zero-order chi connectivity index (χ0) is 37.2. The molecule has 0 radical (unpaired) electrons. The number of hydrogen-bond acceptors (Lipinski definition) is 8. The normalized spacial score (nSPS) is 16.5. The number of nitrogens with zero attached hydrogens (tertiary/aromatic N) is 2. The van der Waals surface area contributed by atoms with Crippen molar-refractivity contribution in [3.8, 4) is 11.5 Å². The first-order valence-electron chi connectivity index (χ1n) is 18.0. The topological polar surface area (TPSA) is 122 Å². The number of sulfone groups is 1. The van der Waals surface area contributed by atoms with Crippen molar-refractivity contribution >= 4 is 21.4 Å². The van der Waals surface area contributed by atoms with E-state index in [1.54, 1.807) is 24.3 Å². The molecule has 0 aromatic heterocycles. The van der Waals surface area contributed by atoms with Crippen molar-refractivity contribution in [2.24, 2.45) is 5.84 Å². The van der Waals surface area contributed by atoms with Gasteiger partial charge in [-0.2, -0.15) is 0 Å². The van der Waals surface area contributed by atoms with Gasteiger partial charge in [-0.15, -0.1) is 0 Å². The Hall–Kier alpha value is -5.00. The van der Waals surface area contributed by atoms with Crippen LogP contribution < -0.4 is 20.3 Å². The molecule has 1 fully saturated rings. The third-order valence-corrected chi connectivity index (χ3v) is 10.9. The van der Waals surface area contributed by atoms with Crippen LogP contribution in [0.25, 0.3) is 0 Å². The van der Waals surface area contributed by atoms with Crippen LogP contribution in [0.15, 0.2) is 138 Å². The largest absolute Gasteiger partial charge is 0.491 e. The van der Waals surface area contributed by atoms with E-state index in [4.69, 9.17) is 15.3 Å². The summed E-state index contributed by atoms with van der Waals surface area (Å²) in [5.41, 5.74) is 4.47. The second-order valence-corrected chi connectivity index (χ2v) is 15.7. The fourth-order valence-corrected chi connectivity index (χ4v) is 7.74. The van der Waals surface area contributed by atoms with Gasteiger partial charge in [0.1, 0.15) is 35.7 Å². The van der Waals surface area contributed by atoms with Gasteiger partial charge >= 0.3 is 0 Å². The molecule has 3 N–H and O–H groups in total. The summed E-state index contributed by atoms with van der Waals surface area (Å²) >= 11 is 0. The number of hydrazine groups is 1. The first kappa shape index (κ1) is 37.7. The SMILES string of the molecule is CS(=O)(=O)c1cc(OC[C@@H](O)CN(Cc2ccccc2)C2CCC(c3ccc(C(=O)N(N)c4ccccc4)cc3)CC2)ccc1OCc1ccccc1. The molecule has 9 nitrogen and oxygen atoms in total. The van der Waals surface area contributed by atoms with Crippen molar-refractivity contribution in [1.82, 2.24) is 4.90 Å². The van der Waals surface area contributed by atoms with E-state index in [2.05, 4.69) is 17.0 Å². The maximum absolute atomic E-state index is 13.0. The Morgan fingerprint density at radius 3 is 2.02 bits per heavy atom. The standard InChI is InChI=1S/C43H47N3O6S/c1-53(49,50)42-27-40(25-26-41(42)52-30-33-13-7-3-8-14-33)51-31-39(47)29-45(28-32-11-5-2-6-12-32)37-23-21-35(22-24-37)34-17-19-36(20-18-34)43(48)46(44)38-15-9-4-10-16-38/h2-20,25-27,35,37,39,47H,21-24,28-31,44H2,1H3/t35?,37?,39-/m0/s1. The highest BCUT2D eigenvalue weighted by Gasteiger charge is 2.29. The number of aliphatic hydroxyl groups is 1. The number of carbonyl (C=O) groups is 1. The third-order valence-electron chi connectivity index (χ3n) is 9.76. The van der Waals surface area contributed by atoms with Crippen molar-refractivity contribution in [2.75, 3.05) is 24.4 Å². The highest BCUT2D eigenvalue weighted by atomic mass is 32.2. The summed E-state index contributed by atoms with van der Waals surface area (Å²) in [4.78, 5) is 15.4. The van der Waals surface area contributed by atoms with E-state index >= 15 is 0 Å². The monoisotopic (exact) mass is 733 g/mol. The molecule has 0 bridgehead atoms. The zero-order valence-corrected chi connectivity index (χ0v) is 30.8. The van der Waals surface area contributed by atoms with Crippen LogP contribution in [0.5, 0.6) is 11.5 Å². The maximum Gasteiger partial charge on any atom is 0.272 e. The van der Waals surface area contributed by atoms with Crippen molar-refractivity contribution in [3.63, 3.8) is 0 Å². The highest BCUT2D eigenvalue weighted by Crippen LogP contribution is 2.36. The average molecular weight is 734 g/mol. The van der Waals surface area contributed by atoms with Crippen molar-refractivity contribution in [2.45, 2.75) is 61.8 Å². The van der Waals surface area contributed by atoms with Gasteiger partial charge in [0.15, 0.2) is 9.84 Å². The van der Waals surface area contributed by atoms with E-state index in [1.165, 1.54) is 16.6 Å². The number of carbonyl (C=O) groups excluding carboxylic acids is 1. The summed E-state index contributed by atoms with van der Waals surface area (Å²) in [7, 11) is -3.61. The third kappa shape index (κ3) is 10.3. The number of ether oxygens (including phenoxy) is 2. The van der Waals surface area contributed by atoms with Crippen LogP contribution in [-0.2, 0) is 23.0 Å². The first-order valence-corrected chi connectivity index (χ1v) is 19.9. The van der Waals surface area contributed by atoms with Gasteiger partial charge in [-0.1, -0.05) is 91.0 Å². The highest BCUT2D eigenvalue weighted by molar-refractivity contribution is 7.90. The molecule has 6 rings (SSSR count). The van der Waals surface area contributed by atoms with Crippen LogP contribution in [0.4, 0.5) is 5.69 Å². The molecule has 276 valence electrons. The minimum atomic E-state index is -3.61. The summed E-state index contributed by atoms with van der Waals surface area (Å²) in [6, 6.07) is 41.7. The van der Waals surface area contributed by atoms with Crippen LogP contribution in [0.1, 0.15) is 58.6 Å². The van der Waals surface area contributed by atoms with Gasteiger partial charge in [0.2, 0.25) is 0 Å². The van der Waals surface area contributed by atoms with Gasteiger partial charge < -0.3 is 14.6 Å². The minimum Gasteiger partial charge on any atom is -0.491 e. The molecule has 1 atom stereocenters. The molecule has 53 heavy (non-hydrogen) atoms. The number of anilines is 1. The van der Waals surface area contributed by atoms with E-state index in [9.17, 15) is 18.3 Å². The lowest BCUT2D eigenvalue weighted by atomic mass is 9.81. The molecular weight excluding hydrogens is 687 g/mol. The molecule has 0 spiro atoms. The second-order valence-electron chi connectivity index (χ2n) is 13.7. The number of hydrogen-bond donors (Lipinski definition) is 2. The molecule has 1 aliphatic carbocycles. The van der Waals surface area contributed by atoms with Crippen LogP contribution >= 0.6 is 0 Å². The Labute approximate surface area is 312 Å². The Balaban J connectivity index is 1.06. The van der Waals surface area contributed by atoms with E-state index in [-0.39, 0.29) is 35.8 Å². The average Bonchev–Trinajstić information content (AvgIpc) is 3.19. The van der Waals surface area contributed by atoms with Crippen molar-refractivity contribution < 1.29 is 27.8 Å².